The van der Waals surface area contributed by atoms with Crippen LogP contribution in [-0.4, -0.2) is 70.1 Å². The summed E-state index contributed by atoms with van der Waals surface area (Å²) in [5, 5.41) is 38.0. The monoisotopic (exact) mass is 386 g/mol. The van der Waals surface area contributed by atoms with Crippen LogP contribution in [0.5, 0.6) is 0 Å². The normalized spacial score (nSPS) is 32.0. The summed E-state index contributed by atoms with van der Waals surface area (Å²) in [7, 11) is 1.86. The molecular formula is C17H26N2O6S. The summed E-state index contributed by atoms with van der Waals surface area (Å²) in [4.78, 5) is 1.95. The number of aliphatic hydroxyl groups excluding tert-OH is 2. The van der Waals surface area contributed by atoms with E-state index in [0.29, 0.717) is 19.3 Å². The molecule has 0 bridgehead atoms. The third kappa shape index (κ3) is 3.71. The molecule has 3 rings (SSSR count). The summed E-state index contributed by atoms with van der Waals surface area (Å²) in [6.07, 6.45) is -0.620. The Bertz CT molecular complexity index is 658. The van der Waals surface area contributed by atoms with Gasteiger partial charge in [-0.2, -0.15) is 4.31 Å². The van der Waals surface area contributed by atoms with Crippen LogP contribution in [0.2, 0.25) is 0 Å². The first kappa shape index (κ1) is 19.8. The van der Waals surface area contributed by atoms with E-state index in [2.05, 4.69) is 0 Å². The summed E-state index contributed by atoms with van der Waals surface area (Å²) < 4.78 is 22.6. The SMILES string of the molecule is CN1[C@@H](c2cccc([C@H]3CC[C@@H](C(O)O)N3S(=O)O)c2)CC[C@H]1C(O)O. The average molecular weight is 386 g/mol. The van der Waals surface area contributed by atoms with Crippen LogP contribution in [0.25, 0.3) is 0 Å². The standard InChI is InChI=1S/C17H26N2O6S/c1-18-12(5-7-14(18)16(20)21)10-3-2-4-11(9-10)13-6-8-15(17(22)23)19(13)26(24)25/h2-4,9,12-17,20-23H,5-8H2,1H3,(H,24,25)/t12-,13-,14+,15+/m1/s1. The third-order valence-electron chi connectivity index (χ3n) is 5.67. The van der Waals surface area contributed by atoms with Crippen LogP contribution >= 0.6 is 0 Å². The van der Waals surface area contributed by atoms with Gasteiger partial charge >= 0.3 is 0 Å². The molecule has 26 heavy (non-hydrogen) atoms. The lowest BCUT2D eigenvalue weighted by molar-refractivity contribution is -0.0901. The van der Waals surface area contributed by atoms with Gasteiger partial charge in [0.05, 0.1) is 18.1 Å². The van der Waals surface area contributed by atoms with Gasteiger partial charge in [-0.3, -0.25) is 9.45 Å². The predicted octanol–water partition coefficient (Wildman–Crippen LogP) is 0.0855. The van der Waals surface area contributed by atoms with Crippen LogP contribution in [0.1, 0.15) is 48.9 Å². The summed E-state index contributed by atoms with van der Waals surface area (Å²) >= 11 is -2.31. The van der Waals surface area contributed by atoms with Crippen LogP contribution in [0.3, 0.4) is 0 Å². The van der Waals surface area contributed by atoms with Crippen molar-refractivity contribution in [3.63, 3.8) is 0 Å². The highest BCUT2D eigenvalue weighted by molar-refractivity contribution is 7.76. The van der Waals surface area contributed by atoms with Gasteiger partial charge in [-0.05, 0) is 43.9 Å². The highest BCUT2D eigenvalue weighted by Crippen LogP contribution is 2.41. The molecule has 0 aromatic heterocycles. The summed E-state index contributed by atoms with van der Waals surface area (Å²) in [5.74, 6) is 0. The van der Waals surface area contributed by atoms with E-state index in [1.54, 1.807) is 0 Å². The van der Waals surface area contributed by atoms with Crippen molar-refractivity contribution in [2.24, 2.45) is 0 Å². The lowest BCUT2D eigenvalue weighted by Crippen LogP contribution is -2.41. The number of hydrogen-bond donors (Lipinski definition) is 5. The summed E-state index contributed by atoms with van der Waals surface area (Å²) in [5.41, 5.74) is 1.85. The zero-order valence-corrected chi connectivity index (χ0v) is 15.4. The first-order chi connectivity index (χ1) is 12.3. The molecule has 1 aromatic rings. The second-order valence-corrected chi connectivity index (χ2v) is 7.96. The number of hydrogen-bond acceptors (Lipinski definition) is 6. The molecule has 0 aliphatic carbocycles. The number of likely N-dealkylation sites (N-methyl/N-ethyl adjacent to an activating group) is 1. The number of likely N-dealkylation sites (tertiary alicyclic amines) is 1. The molecule has 1 aromatic carbocycles. The van der Waals surface area contributed by atoms with E-state index < -0.39 is 29.9 Å². The molecule has 5 N–H and O–H groups in total. The minimum absolute atomic E-state index is 0.0375. The van der Waals surface area contributed by atoms with Crippen LogP contribution < -0.4 is 0 Å². The van der Waals surface area contributed by atoms with Crippen LogP contribution in [0, 0.1) is 0 Å². The van der Waals surface area contributed by atoms with Crippen molar-refractivity contribution in [3.8, 4) is 0 Å². The maximum absolute atomic E-state index is 11.8. The number of benzene rings is 1. The Hall–Kier alpha value is -0.910. The van der Waals surface area contributed by atoms with E-state index >= 15 is 0 Å². The lowest BCUT2D eigenvalue weighted by atomic mass is 9.98. The van der Waals surface area contributed by atoms with Gasteiger partial charge in [0.2, 0.25) is 11.3 Å². The smallest absolute Gasteiger partial charge is 0.235 e. The largest absolute Gasteiger partial charge is 0.367 e. The van der Waals surface area contributed by atoms with Gasteiger partial charge in [0.15, 0.2) is 12.6 Å². The van der Waals surface area contributed by atoms with Crippen molar-refractivity contribution in [2.75, 3.05) is 7.05 Å². The van der Waals surface area contributed by atoms with Gasteiger partial charge in [0.1, 0.15) is 0 Å². The van der Waals surface area contributed by atoms with E-state index in [4.69, 9.17) is 0 Å². The maximum atomic E-state index is 11.8. The number of aliphatic hydroxyl groups is 4. The van der Waals surface area contributed by atoms with Crippen LogP contribution in [0.15, 0.2) is 24.3 Å². The highest BCUT2D eigenvalue weighted by atomic mass is 32.2. The Balaban J connectivity index is 1.85. The minimum atomic E-state index is -2.31. The maximum Gasteiger partial charge on any atom is 0.235 e. The first-order valence-electron chi connectivity index (χ1n) is 8.74. The van der Waals surface area contributed by atoms with Crippen molar-refractivity contribution in [1.82, 2.24) is 9.21 Å². The fourth-order valence-corrected chi connectivity index (χ4v) is 5.23. The third-order valence-corrected chi connectivity index (χ3v) is 6.56. The molecule has 5 atom stereocenters. The second kappa shape index (κ2) is 7.99. The van der Waals surface area contributed by atoms with E-state index in [-0.39, 0.29) is 18.1 Å². The average Bonchev–Trinajstić information content (AvgIpc) is 3.18. The molecule has 0 spiro atoms. The predicted molar refractivity (Wildman–Crippen MR) is 94.8 cm³/mol. The van der Waals surface area contributed by atoms with E-state index in [9.17, 15) is 29.2 Å². The Kier molecular flexibility index (Phi) is 6.10. The van der Waals surface area contributed by atoms with Gasteiger partial charge in [0.25, 0.3) is 0 Å². The molecule has 2 fully saturated rings. The topological polar surface area (TPSA) is 125 Å². The number of rotatable bonds is 5. The van der Waals surface area contributed by atoms with Crippen molar-refractivity contribution < 1.29 is 29.2 Å². The summed E-state index contributed by atoms with van der Waals surface area (Å²) in [6, 6.07) is 6.24. The molecule has 0 amide bonds. The van der Waals surface area contributed by atoms with E-state index in [1.807, 2.05) is 36.2 Å². The van der Waals surface area contributed by atoms with Crippen molar-refractivity contribution >= 4 is 11.3 Å². The highest BCUT2D eigenvalue weighted by Gasteiger charge is 2.42. The fourth-order valence-electron chi connectivity index (χ4n) is 4.33. The van der Waals surface area contributed by atoms with Gasteiger partial charge in [-0.15, -0.1) is 0 Å². The van der Waals surface area contributed by atoms with Gasteiger partial charge < -0.3 is 20.4 Å². The Morgan fingerprint density at radius 3 is 2.04 bits per heavy atom. The Morgan fingerprint density at radius 1 is 0.962 bits per heavy atom. The van der Waals surface area contributed by atoms with E-state index in [1.165, 1.54) is 4.31 Å². The van der Waals surface area contributed by atoms with Gasteiger partial charge in [-0.1, -0.05) is 24.3 Å². The summed E-state index contributed by atoms with van der Waals surface area (Å²) in [6.45, 7) is 0. The van der Waals surface area contributed by atoms with Crippen molar-refractivity contribution in [3.05, 3.63) is 35.4 Å². The lowest BCUT2D eigenvalue weighted by Gasteiger charge is -2.29. The van der Waals surface area contributed by atoms with Crippen LogP contribution in [-0.2, 0) is 11.3 Å². The number of nitrogens with zero attached hydrogens (tertiary/aromatic N) is 2. The molecule has 1 unspecified atom stereocenters. The molecule has 2 aliphatic rings. The quantitative estimate of drug-likeness (QED) is 0.359. The van der Waals surface area contributed by atoms with Gasteiger partial charge in [0, 0.05) is 6.04 Å². The molecule has 0 saturated carbocycles. The Morgan fingerprint density at radius 2 is 1.50 bits per heavy atom. The molecule has 2 heterocycles. The molecule has 8 nitrogen and oxygen atoms in total. The molecule has 2 aliphatic heterocycles. The fraction of sp³-hybridized carbons (Fsp3) is 0.647. The molecule has 2 saturated heterocycles. The zero-order valence-electron chi connectivity index (χ0n) is 14.5. The minimum Gasteiger partial charge on any atom is -0.367 e. The molecule has 0 radical (unpaired) electrons. The first-order valence-corrected chi connectivity index (χ1v) is 9.81. The second-order valence-electron chi connectivity index (χ2n) is 7.07. The Labute approximate surface area is 155 Å². The molecule has 9 heteroatoms. The van der Waals surface area contributed by atoms with Gasteiger partial charge in [-0.25, -0.2) is 4.21 Å². The zero-order chi connectivity index (χ0) is 19.0. The molecule has 146 valence electrons. The van der Waals surface area contributed by atoms with Crippen molar-refractivity contribution in [1.29, 1.82) is 0 Å². The van der Waals surface area contributed by atoms with Crippen molar-refractivity contribution in [2.45, 2.75) is 62.4 Å². The molecular weight excluding hydrogens is 360 g/mol. The van der Waals surface area contributed by atoms with Crippen LogP contribution in [0.4, 0.5) is 0 Å². The van der Waals surface area contributed by atoms with E-state index in [0.717, 1.165) is 17.5 Å².